The van der Waals surface area contributed by atoms with Crippen LogP contribution in [0.2, 0.25) is 0 Å². The molecule has 0 radical (unpaired) electrons. The first kappa shape index (κ1) is 16.4. The van der Waals surface area contributed by atoms with Crippen molar-refractivity contribution in [1.29, 1.82) is 0 Å². The first-order chi connectivity index (χ1) is 11.1. The van der Waals surface area contributed by atoms with Gasteiger partial charge in [-0.3, -0.25) is 4.79 Å². The number of aryl methyl sites for hydroxylation is 1. The normalized spacial score (nSPS) is 10.5. The number of amides is 1. The molecule has 1 N–H and O–H groups in total. The molecule has 0 fully saturated rings. The predicted octanol–water partition coefficient (Wildman–Crippen LogP) is 2.47. The highest BCUT2D eigenvalue weighted by Gasteiger charge is 2.04. The number of esters is 1. The molecular weight excluding hydrogens is 292 g/mol. The summed E-state index contributed by atoms with van der Waals surface area (Å²) >= 11 is 0. The minimum absolute atomic E-state index is 0.184. The lowest BCUT2D eigenvalue weighted by Gasteiger charge is -2.01. The number of carbonyl (C=O) groups excluding carboxylic acids is 2. The largest absolute Gasteiger partial charge is 0.465 e. The maximum Gasteiger partial charge on any atom is 0.337 e. The summed E-state index contributed by atoms with van der Waals surface area (Å²) < 4.78 is 4.62. The van der Waals surface area contributed by atoms with Gasteiger partial charge in [-0.15, -0.1) is 0 Å². The fourth-order valence-electron chi connectivity index (χ4n) is 1.93. The molecule has 0 unspecified atom stereocenters. The van der Waals surface area contributed by atoms with Crippen LogP contribution in [0.1, 0.15) is 27.0 Å². The standard InChI is InChI=1S/C18H18N2O3/c1-13-3-5-14(6-4-13)11-17(21)20-19-12-15-7-9-16(10-8-15)18(22)23-2/h3-10,12H,11H2,1-2H3,(H,20,21)/b19-12-. The lowest BCUT2D eigenvalue weighted by atomic mass is 10.1. The Morgan fingerprint density at radius 3 is 2.35 bits per heavy atom. The summed E-state index contributed by atoms with van der Waals surface area (Å²) in [4.78, 5) is 23.1. The smallest absolute Gasteiger partial charge is 0.337 e. The van der Waals surface area contributed by atoms with Gasteiger partial charge in [-0.05, 0) is 30.2 Å². The molecule has 0 aliphatic heterocycles. The monoisotopic (exact) mass is 310 g/mol. The average Bonchev–Trinajstić information content (AvgIpc) is 2.57. The molecule has 118 valence electrons. The second kappa shape index (κ2) is 7.89. The van der Waals surface area contributed by atoms with Crippen LogP contribution in [0.3, 0.4) is 0 Å². The lowest BCUT2D eigenvalue weighted by Crippen LogP contribution is -2.19. The van der Waals surface area contributed by atoms with Gasteiger partial charge in [0, 0.05) is 0 Å². The first-order valence-corrected chi connectivity index (χ1v) is 7.14. The molecule has 2 rings (SSSR count). The Labute approximate surface area is 135 Å². The summed E-state index contributed by atoms with van der Waals surface area (Å²) in [7, 11) is 1.33. The Balaban J connectivity index is 1.87. The van der Waals surface area contributed by atoms with E-state index in [0.29, 0.717) is 5.56 Å². The molecule has 0 saturated heterocycles. The zero-order valence-electron chi connectivity index (χ0n) is 13.1. The topological polar surface area (TPSA) is 67.8 Å². The molecule has 0 aliphatic rings. The molecule has 0 bridgehead atoms. The van der Waals surface area contributed by atoms with E-state index in [1.165, 1.54) is 13.3 Å². The maximum absolute atomic E-state index is 11.8. The van der Waals surface area contributed by atoms with Crippen LogP contribution in [-0.4, -0.2) is 25.2 Å². The van der Waals surface area contributed by atoms with Crippen molar-refractivity contribution in [2.24, 2.45) is 5.10 Å². The van der Waals surface area contributed by atoms with Gasteiger partial charge in [-0.1, -0.05) is 42.0 Å². The Hall–Kier alpha value is -2.95. The van der Waals surface area contributed by atoms with E-state index in [1.54, 1.807) is 24.3 Å². The van der Waals surface area contributed by atoms with Crippen molar-refractivity contribution in [3.63, 3.8) is 0 Å². The molecular formula is C18H18N2O3. The van der Waals surface area contributed by atoms with E-state index in [2.05, 4.69) is 15.3 Å². The Kier molecular flexibility index (Phi) is 5.63. The van der Waals surface area contributed by atoms with Crippen LogP contribution in [0.15, 0.2) is 53.6 Å². The van der Waals surface area contributed by atoms with Crippen LogP contribution >= 0.6 is 0 Å². The third-order valence-electron chi connectivity index (χ3n) is 3.22. The second-order valence-corrected chi connectivity index (χ2v) is 5.07. The Morgan fingerprint density at radius 1 is 1.09 bits per heavy atom. The number of carbonyl (C=O) groups is 2. The SMILES string of the molecule is COC(=O)c1ccc(/C=N\NC(=O)Cc2ccc(C)cc2)cc1. The van der Waals surface area contributed by atoms with E-state index >= 15 is 0 Å². The van der Waals surface area contributed by atoms with Gasteiger partial charge in [0.15, 0.2) is 0 Å². The van der Waals surface area contributed by atoms with Crippen molar-refractivity contribution in [2.45, 2.75) is 13.3 Å². The van der Waals surface area contributed by atoms with Crippen molar-refractivity contribution in [3.8, 4) is 0 Å². The molecule has 0 aliphatic carbocycles. The molecule has 0 spiro atoms. The van der Waals surface area contributed by atoms with Crippen molar-refractivity contribution in [1.82, 2.24) is 5.43 Å². The van der Waals surface area contributed by atoms with Crippen LogP contribution in [0.4, 0.5) is 0 Å². The number of rotatable bonds is 5. The second-order valence-electron chi connectivity index (χ2n) is 5.07. The van der Waals surface area contributed by atoms with Gasteiger partial charge in [-0.2, -0.15) is 5.10 Å². The number of methoxy groups -OCH3 is 1. The van der Waals surface area contributed by atoms with E-state index in [4.69, 9.17) is 0 Å². The zero-order chi connectivity index (χ0) is 16.7. The number of nitrogens with zero attached hydrogens (tertiary/aromatic N) is 1. The Morgan fingerprint density at radius 2 is 1.74 bits per heavy atom. The van der Waals surface area contributed by atoms with Gasteiger partial charge < -0.3 is 4.74 Å². The molecule has 0 saturated carbocycles. The Bertz CT molecular complexity index is 704. The van der Waals surface area contributed by atoms with Crippen LogP contribution in [0, 0.1) is 6.92 Å². The molecule has 0 heterocycles. The maximum atomic E-state index is 11.8. The van der Waals surface area contributed by atoms with Crippen molar-refractivity contribution >= 4 is 18.1 Å². The fourth-order valence-corrected chi connectivity index (χ4v) is 1.93. The van der Waals surface area contributed by atoms with Crippen LogP contribution in [0.5, 0.6) is 0 Å². The van der Waals surface area contributed by atoms with Gasteiger partial charge in [0.1, 0.15) is 0 Å². The van der Waals surface area contributed by atoms with Crippen molar-refractivity contribution in [3.05, 3.63) is 70.8 Å². The molecule has 5 heteroatoms. The molecule has 2 aromatic carbocycles. The van der Waals surface area contributed by atoms with Crippen molar-refractivity contribution in [2.75, 3.05) is 7.11 Å². The number of benzene rings is 2. The lowest BCUT2D eigenvalue weighted by molar-refractivity contribution is -0.120. The quantitative estimate of drug-likeness (QED) is 0.524. The molecule has 1 amide bonds. The van der Waals surface area contributed by atoms with Gasteiger partial charge in [-0.25, -0.2) is 10.2 Å². The number of hydrogen-bond acceptors (Lipinski definition) is 4. The zero-order valence-corrected chi connectivity index (χ0v) is 13.1. The first-order valence-electron chi connectivity index (χ1n) is 7.14. The number of hydrazone groups is 1. The molecule has 2 aromatic rings. The number of ether oxygens (including phenoxy) is 1. The van der Waals surface area contributed by atoms with E-state index in [0.717, 1.165) is 16.7 Å². The molecule has 0 atom stereocenters. The van der Waals surface area contributed by atoms with Crippen LogP contribution < -0.4 is 5.43 Å². The summed E-state index contributed by atoms with van der Waals surface area (Å²) in [6.07, 6.45) is 1.80. The molecule has 5 nitrogen and oxygen atoms in total. The highest BCUT2D eigenvalue weighted by molar-refractivity contribution is 5.90. The third-order valence-corrected chi connectivity index (χ3v) is 3.22. The van der Waals surface area contributed by atoms with E-state index in [9.17, 15) is 9.59 Å². The predicted molar refractivity (Wildman–Crippen MR) is 88.4 cm³/mol. The van der Waals surface area contributed by atoms with E-state index in [-0.39, 0.29) is 18.3 Å². The summed E-state index contributed by atoms with van der Waals surface area (Å²) in [6.45, 7) is 2.00. The number of nitrogens with one attached hydrogen (secondary N) is 1. The molecule has 0 aromatic heterocycles. The van der Waals surface area contributed by atoms with Crippen molar-refractivity contribution < 1.29 is 14.3 Å². The minimum Gasteiger partial charge on any atom is -0.465 e. The minimum atomic E-state index is -0.389. The average molecular weight is 310 g/mol. The van der Waals surface area contributed by atoms with Gasteiger partial charge in [0.05, 0.1) is 25.3 Å². The molecule has 23 heavy (non-hydrogen) atoms. The number of hydrogen-bond donors (Lipinski definition) is 1. The van der Waals surface area contributed by atoms with Gasteiger partial charge >= 0.3 is 5.97 Å². The van der Waals surface area contributed by atoms with E-state index in [1.807, 2.05) is 31.2 Å². The van der Waals surface area contributed by atoms with Crippen LogP contribution in [0.25, 0.3) is 0 Å². The highest BCUT2D eigenvalue weighted by atomic mass is 16.5. The van der Waals surface area contributed by atoms with Gasteiger partial charge in [0.2, 0.25) is 5.91 Å². The summed E-state index contributed by atoms with van der Waals surface area (Å²) in [5.74, 6) is -0.573. The van der Waals surface area contributed by atoms with Gasteiger partial charge in [0.25, 0.3) is 0 Å². The summed E-state index contributed by atoms with van der Waals surface area (Å²) in [6, 6.07) is 14.5. The van der Waals surface area contributed by atoms with Crippen LogP contribution in [-0.2, 0) is 16.0 Å². The highest BCUT2D eigenvalue weighted by Crippen LogP contribution is 2.05. The van der Waals surface area contributed by atoms with E-state index < -0.39 is 0 Å². The summed E-state index contributed by atoms with van der Waals surface area (Å²) in [5, 5.41) is 3.91. The third kappa shape index (κ3) is 5.07. The summed E-state index contributed by atoms with van der Waals surface area (Å²) in [5.41, 5.74) is 5.81. The fraction of sp³-hybridized carbons (Fsp3) is 0.167.